The lowest BCUT2D eigenvalue weighted by molar-refractivity contribution is -0.117. The van der Waals surface area contributed by atoms with Gasteiger partial charge in [0.05, 0.1) is 0 Å². The van der Waals surface area contributed by atoms with E-state index in [4.69, 9.17) is 0 Å². The number of Topliss-reactive ketones (excluding diaryl/α,β-unsaturated/α-hetero) is 1. The molecule has 2 nitrogen and oxygen atoms in total. The third-order valence-corrected chi connectivity index (χ3v) is 3.28. The molecule has 2 aromatic carbocycles. The molecule has 0 heterocycles. The van der Waals surface area contributed by atoms with E-state index in [2.05, 4.69) is 19.9 Å². The van der Waals surface area contributed by atoms with Crippen molar-refractivity contribution in [2.24, 2.45) is 0 Å². The molecule has 0 amide bonds. The third kappa shape index (κ3) is 3.68. The van der Waals surface area contributed by atoms with Crippen molar-refractivity contribution >= 4 is 5.78 Å². The van der Waals surface area contributed by atoms with Crippen LogP contribution in [0.25, 0.3) is 0 Å². The summed E-state index contributed by atoms with van der Waals surface area (Å²) in [6.45, 7) is 4.12. The molecule has 0 saturated carbocycles. The lowest BCUT2D eigenvalue weighted by Gasteiger charge is -2.05. The van der Waals surface area contributed by atoms with Crippen molar-refractivity contribution in [3.8, 4) is 5.75 Å². The summed E-state index contributed by atoms with van der Waals surface area (Å²) in [7, 11) is 0. The van der Waals surface area contributed by atoms with Crippen LogP contribution in [0.15, 0.2) is 42.5 Å². The maximum atomic E-state index is 12.0. The third-order valence-electron chi connectivity index (χ3n) is 3.28. The molecule has 0 unspecified atom stereocenters. The zero-order valence-corrected chi connectivity index (χ0v) is 11.3. The highest BCUT2D eigenvalue weighted by Gasteiger charge is 2.06. The lowest BCUT2D eigenvalue weighted by atomic mass is 9.99. The van der Waals surface area contributed by atoms with Crippen LogP contribution in [0.1, 0.15) is 22.3 Å². The Morgan fingerprint density at radius 3 is 2.26 bits per heavy atom. The van der Waals surface area contributed by atoms with E-state index in [0.29, 0.717) is 12.8 Å². The van der Waals surface area contributed by atoms with E-state index in [-0.39, 0.29) is 11.5 Å². The van der Waals surface area contributed by atoms with E-state index in [9.17, 15) is 9.90 Å². The highest BCUT2D eigenvalue weighted by molar-refractivity contribution is 5.83. The largest absolute Gasteiger partial charge is 0.508 e. The van der Waals surface area contributed by atoms with Crippen molar-refractivity contribution < 1.29 is 9.90 Å². The fraction of sp³-hybridized carbons (Fsp3) is 0.235. The zero-order valence-electron chi connectivity index (χ0n) is 11.3. The fourth-order valence-corrected chi connectivity index (χ4v) is 2.10. The van der Waals surface area contributed by atoms with Gasteiger partial charge in [0.1, 0.15) is 11.5 Å². The van der Waals surface area contributed by atoms with Crippen molar-refractivity contribution in [2.45, 2.75) is 26.7 Å². The molecule has 2 heteroatoms. The van der Waals surface area contributed by atoms with Gasteiger partial charge in [-0.3, -0.25) is 4.79 Å². The van der Waals surface area contributed by atoms with Gasteiger partial charge in [-0.1, -0.05) is 30.3 Å². The van der Waals surface area contributed by atoms with Gasteiger partial charge in [-0.15, -0.1) is 0 Å². The molecule has 0 aliphatic carbocycles. The Morgan fingerprint density at radius 2 is 1.63 bits per heavy atom. The summed E-state index contributed by atoms with van der Waals surface area (Å²) in [5.41, 5.74) is 4.36. The predicted molar refractivity (Wildman–Crippen MR) is 76.4 cm³/mol. The number of hydrogen-bond acceptors (Lipinski definition) is 2. The van der Waals surface area contributed by atoms with Crippen molar-refractivity contribution in [3.05, 3.63) is 64.7 Å². The summed E-state index contributed by atoms with van der Waals surface area (Å²) in [5, 5.41) is 9.37. The topological polar surface area (TPSA) is 37.3 Å². The second kappa shape index (κ2) is 5.70. The van der Waals surface area contributed by atoms with E-state index in [1.807, 2.05) is 18.2 Å². The molecule has 0 fully saturated rings. The Bertz CT molecular complexity index is 600. The van der Waals surface area contributed by atoms with Crippen LogP contribution in [0.4, 0.5) is 0 Å². The minimum absolute atomic E-state index is 0.161. The highest BCUT2D eigenvalue weighted by atomic mass is 16.3. The van der Waals surface area contributed by atoms with Gasteiger partial charge < -0.3 is 5.11 Å². The lowest BCUT2D eigenvalue weighted by Crippen LogP contribution is -2.06. The van der Waals surface area contributed by atoms with Crippen molar-refractivity contribution in [1.29, 1.82) is 0 Å². The fourth-order valence-electron chi connectivity index (χ4n) is 2.10. The normalized spacial score (nSPS) is 10.4. The standard InChI is InChI=1S/C17H18O2/c1-12-6-7-15(8-13(12)2)11-17(19)10-14-4-3-5-16(18)9-14/h3-9,18H,10-11H2,1-2H3. The number of aromatic hydroxyl groups is 1. The van der Waals surface area contributed by atoms with Crippen LogP contribution in [0.3, 0.4) is 0 Å². The second-order valence-corrected chi connectivity index (χ2v) is 4.98. The quantitative estimate of drug-likeness (QED) is 0.908. The molecule has 0 aromatic heterocycles. The monoisotopic (exact) mass is 254 g/mol. The molecule has 1 N–H and O–H groups in total. The summed E-state index contributed by atoms with van der Waals surface area (Å²) in [4.78, 5) is 12.0. The predicted octanol–water partition coefficient (Wildman–Crippen LogP) is 3.36. The first-order valence-electron chi connectivity index (χ1n) is 6.40. The van der Waals surface area contributed by atoms with E-state index < -0.39 is 0 Å². The van der Waals surface area contributed by atoms with Crippen LogP contribution in [0, 0.1) is 13.8 Å². The van der Waals surface area contributed by atoms with Gasteiger partial charge in [0.25, 0.3) is 0 Å². The Morgan fingerprint density at radius 1 is 0.947 bits per heavy atom. The summed E-state index contributed by atoms with van der Waals surface area (Å²) >= 11 is 0. The summed E-state index contributed by atoms with van der Waals surface area (Å²) in [6, 6.07) is 13.0. The zero-order chi connectivity index (χ0) is 13.8. The number of phenols is 1. The van der Waals surface area contributed by atoms with E-state index in [1.54, 1.807) is 18.2 Å². The molecule has 0 bridgehead atoms. The molecule has 2 rings (SSSR count). The van der Waals surface area contributed by atoms with Crippen molar-refractivity contribution in [1.82, 2.24) is 0 Å². The van der Waals surface area contributed by atoms with E-state index >= 15 is 0 Å². The Balaban J connectivity index is 2.03. The molecule has 0 spiro atoms. The van der Waals surface area contributed by atoms with Crippen molar-refractivity contribution in [2.75, 3.05) is 0 Å². The Hall–Kier alpha value is -2.09. The van der Waals surface area contributed by atoms with Crippen LogP contribution in [0.2, 0.25) is 0 Å². The van der Waals surface area contributed by atoms with Gasteiger partial charge in [0.2, 0.25) is 0 Å². The van der Waals surface area contributed by atoms with Gasteiger partial charge in [-0.25, -0.2) is 0 Å². The number of benzene rings is 2. The molecule has 0 atom stereocenters. The first-order chi connectivity index (χ1) is 9.04. The van der Waals surface area contributed by atoms with Gasteiger partial charge in [-0.2, -0.15) is 0 Å². The van der Waals surface area contributed by atoms with Crippen LogP contribution >= 0.6 is 0 Å². The number of carbonyl (C=O) groups is 1. The minimum Gasteiger partial charge on any atom is -0.508 e. The molecule has 0 radical (unpaired) electrons. The number of aryl methyl sites for hydroxylation is 2. The average Bonchev–Trinajstić information content (AvgIpc) is 2.34. The van der Waals surface area contributed by atoms with E-state index in [1.165, 1.54) is 11.1 Å². The highest BCUT2D eigenvalue weighted by Crippen LogP contribution is 2.14. The summed E-state index contributed by atoms with van der Waals surface area (Å²) in [5.74, 6) is 0.366. The SMILES string of the molecule is Cc1ccc(CC(=O)Cc2cccc(O)c2)cc1C. The molecule has 0 aliphatic rings. The molecule has 98 valence electrons. The van der Waals surface area contributed by atoms with Gasteiger partial charge >= 0.3 is 0 Å². The maximum Gasteiger partial charge on any atom is 0.141 e. The summed E-state index contributed by atoms with van der Waals surface area (Å²) < 4.78 is 0. The van der Waals surface area contributed by atoms with Crippen LogP contribution in [-0.4, -0.2) is 10.9 Å². The Kier molecular flexibility index (Phi) is 4.00. The van der Waals surface area contributed by atoms with Crippen LogP contribution in [0.5, 0.6) is 5.75 Å². The maximum absolute atomic E-state index is 12.0. The number of carbonyl (C=O) groups excluding carboxylic acids is 1. The first-order valence-corrected chi connectivity index (χ1v) is 6.40. The van der Waals surface area contributed by atoms with Crippen LogP contribution < -0.4 is 0 Å². The molecule has 19 heavy (non-hydrogen) atoms. The van der Waals surface area contributed by atoms with Crippen molar-refractivity contribution in [3.63, 3.8) is 0 Å². The minimum atomic E-state index is 0.161. The Labute approximate surface area is 113 Å². The molecule has 2 aromatic rings. The number of phenolic OH excluding ortho intramolecular Hbond substituents is 1. The first kappa shape index (κ1) is 13.3. The summed E-state index contributed by atoms with van der Waals surface area (Å²) in [6.07, 6.45) is 0.804. The number of rotatable bonds is 4. The second-order valence-electron chi connectivity index (χ2n) is 4.98. The average molecular weight is 254 g/mol. The molecule has 0 aliphatic heterocycles. The van der Waals surface area contributed by atoms with Gasteiger partial charge in [0, 0.05) is 12.8 Å². The van der Waals surface area contributed by atoms with Gasteiger partial charge in [0.15, 0.2) is 0 Å². The van der Waals surface area contributed by atoms with Gasteiger partial charge in [-0.05, 0) is 48.2 Å². The smallest absolute Gasteiger partial charge is 0.141 e. The molecular weight excluding hydrogens is 236 g/mol. The van der Waals surface area contributed by atoms with E-state index in [0.717, 1.165) is 11.1 Å². The van der Waals surface area contributed by atoms with Crippen LogP contribution in [-0.2, 0) is 17.6 Å². The molecule has 0 saturated heterocycles. The number of ketones is 1. The number of hydrogen-bond donors (Lipinski definition) is 1. The molecular formula is C17H18O2.